The maximum Gasteiger partial charge on any atom is 0.171 e. The van der Waals surface area contributed by atoms with Crippen molar-refractivity contribution in [1.82, 2.24) is 5.32 Å². The van der Waals surface area contributed by atoms with E-state index in [0.717, 1.165) is 18.4 Å². The second-order valence-corrected chi connectivity index (χ2v) is 6.26. The highest BCUT2D eigenvalue weighted by Crippen LogP contribution is 2.20. The summed E-state index contributed by atoms with van der Waals surface area (Å²) in [5, 5.41) is 6.76. The molecular weight excluding hydrogens is 331 g/mol. The zero-order chi connectivity index (χ0) is 16.8. The van der Waals surface area contributed by atoms with Crippen molar-refractivity contribution in [2.24, 2.45) is 0 Å². The summed E-state index contributed by atoms with van der Waals surface area (Å²) < 4.78 is 13.1. The van der Waals surface area contributed by atoms with Gasteiger partial charge >= 0.3 is 0 Å². The van der Waals surface area contributed by atoms with Crippen LogP contribution in [0.3, 0.4) is 0 Å². The lowest BCUT2D eigenvalue weighted by atomic mass is 10.0. The Balaban J connectivity index is 1.94. The molecule has 2 aromatic carbocycles. The lowest BCUT2D eigenvalue weighted by molar-refractivity contribution is 0.628. The van der Waals surface area contributed by atoms with Gasteiger partial charge in [0.1, 0.15) is 5.82 Å². The van der Waals surface area contributed by atoms with Gasteiger partial charge in [0.15, 0.2) is 5.11 Å². The number of hydrogen-bond acceptors (Lipinski definition) is 1. The minimum atomic E-state index is -0.448. The largest absolute Gasteiger partial charge is 0.356 e. The number of rotatable bonds is 5. The van der Waals surface area contributed by atoms with Crippen LogP contribution in [0, 0.1) is 5.82 Å². The van der Waals surface area contributed by atoms with E-state index in [1.807, 2.05) is 6.92 Å². The molecule has 23 heavy (non-hydrogen) atoms. The number of halogens is 2. The number of thiocarbonyl (C=S) groups is 1. The minimum Gasteiger partial charge on any atom is -0.356 e. The molecule has 2 nitrogen and oxygen atoms in total. The first-order chi connectivity index (χ1) is 11.0. The third kappa shape index (κ3) is 5.19. The Hall–Kier alpha value is -1.65. The molecule has 0 amide bonds. The van der Waals surface area contributed by atoms with Crippen molar-refractivity contribution in [2.45, 2.75) is 32.7 Å². The molecule has 0 radical (unpaired) electrons. The third-order valence-electron chi connectivity index (χ3n) is 3.54. The van der Waals surface area contributed by atoms with Crippen molar-refractivity contribution in [3.05, 3.63) is 64.4 Å². The van der Waals surface area contributed by atoms with Crippen LogP contribution >= 0.6 is 23.8 Å². The van der Waals surface area contributed by atoms with E-state index in [0.29, 0.717) is 10.8 Å². The third-order valence-corrected chi connectivity index (χ3v) is 4.05. The summed E-state index contributed by atoms with van der Waals surface area (Å²) in [6.07, 6.45) is 2.23. The van der Waals surface area contributed by atoms with Gasteiger partial charge in [0.2, 0.25) is 0 Å². The molecule has 0 aromatic heterocycles. The molecule has 0 aliphatic heterocycles. The number of anilines is 1. The Labute approximate surface area is 147 Å². The van der Waals surface area contributed by atoms with Gasteiger partial charge in [-0.1, -0.05) is 49.2 Å². The Kier molecular flexibility index (Phi) is 6.37. The van der Waals surface area contributed by atoms with Crippen LogP contribution in [0.2, 0.25) is 5.02 Å². The van der Waals surface area contributed by atoms with Gasteiger partial charge in [-0.2, -0.15) is 0 Å². The summed E-state index contributed by atoms with van der Waals surface area (Å²) in [6.45, 7) is 4.21. The van der Waals surface area contributed by atoms with Crippen molar-refractivity contribution >= 4 is 34.6 Å². The normalized spacial score (nSPS) is 11.8. The Morgan fingerprint density at radius 2 is 1.91 bits per heavy atom. The van der Waals surface area contributed by atoms with Gasteiger partial charge in [-0.25, -0.2) is 4.39 Å². The molecular formula is C18H20ClFN2S. The first-order valence-electron chi connectivity index (χ1n) is 7.61. The van der Waals surface area contributed by atoms with Gasteiger partial charge in [0, 0.05) is 5.69 Å². The van der Waals surface area contributed by atoms with Crippen molar-refractivity contribution in [2.75, 3.05) is 5.32 Å². The zero-order valence-electron chi connectivity index (χ0n) is 13.2. The van der Waals surface area contributed by atoms with Crippen LogP contribution in [0.25, 0.3) is 0 Å². The summed E-state index contributed by atoms with van der Waals surface area (Å²) in [5.74, 6) is -0.448. The molecule has 1 atom stereocenters. The monoisotopic (exact) mass is 350 g/mol. The molecule has 5 heteroatoms. The van der Waals surface area contributed by atoms with E-state index < -0.39 is 5.82 Å². The molecule has 0 saturated heterocycles. The molecule has 122 valence electrons. The average Bonchev–Trinajstić information content (AvgIpc) is 2.52. The van der Waals surface area contributed by atoms with Gasteiger partial charge in [-0.05, 0) is 54.9 Å². The molecule has 0 aliphatic rings. The topological polar surface area (TPSA) is 24.1 Å². The van der Waals surface area contributed by atoms with Crippen LogP contribution in [0.15, 0.2) is 42.5 Å². The maximum absolute atomic E-state index is 13.1. The van der Waals surface area contributed by atoms with Crippen LogP contribution in [-0.4, -0.2) is 5.11 Å². The fraction of sp³-hybridized carbons (Fsp3) is 0.278. The molecule has 2 aromatic rings. The number of hydrogen-bond donors (Lipinski definition) is 2. The Morgan fingerprint density at radius 1 is 1.22 bits per heavy atom. The molecule has 2 rings (SSSR count). The zero-order valence-corrected chi connectivity index (χ0v) is 14.8. The van der Waals surface area contributed by atoms with E-state index in [9.17, 15) is 4.39 Å². The molecule has 0 saturated carbocycles. The predicted octanol–water partition coefficient (Wildman–Crippen LogP) is 5.48. The molecule has 0 fully saturated rings. The van der Waals surface area contributed by atoms with Gasteiger partial charge in [-0.15, -0.1) is 0 Å². The summed E-state index contributed by atoms with van der Waals surface area (Å²) in [5.41, 5.74) is 3.15. The smallest absolute Gasteiger partial charge is 0.171 e. The molecule has 0 heterocycles. The van der Waals surface area contributed by atoms with Crippen LogP contribution in [-0.2, 0) is 6.42 Å². The first-order valence-corrected chi connectivity index (χ1v) is 8.39. The van der Waals surface area contributed by atoms with Crippen molar-refractivity contribution in [1.29, 1.82) is 0 Å². The summed E-state index contributed by atoms with van der Waals surface area (Å²) in [6, 6.07) is 13.0. The molecule has 0 aliphatic carbocycles. The van der Waals surface area contributed by atoms with Gasteiger partial charge in [0.05, 0.1) is 11.1 Å². The molecule has 2 N–H and O–H groups in total. The van der Waals surface area contributed by atoms with Crippen molar-refractivity contribution in [3.8, 4) is 0 Å². The highest BCUT2D eigenvalue weighted by molar-refractivity contribution is 7.80. The highest BCUT2D eigenvalue weighted by Gasteiger charge is 2.08. The lowest BCUT2D eigenvalue weighted by Crippen LogP contribution is -2.30. The molecule has 0 bridgehead atoms. The summed E-state index contributed by atoms with van der Waals surface area (Å²) in [7, 11) is 0. The molecule has 1 unspecified atom stereocenters. The summed E-state index contributed by atoms with van der Waals surface area (Å²) >= 11 is 11.1. The SMILES string of the molecule is CCCc1ccc(C(C)NC(=S)Nc2ccc(F)c(Cl)c2)cc1. The highest BCUT2D eigenvalue weighted by atomic mass is 35.5. The van der Waals surface area contributed by atoms with Crippen LogP contribution in [0.4, 0.5) is 10.1 Å². The van der Waals surface area contributed by atoms with E-state index in [-0.39, 0.29) is 11.1 Å². The average molecular weight is 351 g/mol. The number of nitrogens with one attached hydrogen (secondary N) is 2. The quantitative estimate of drug-likeness (QED) is 0.698. The predicted molar refractivity (Wildman–Crippen MR) is 99.6 cm³/mol. The van der Waals surface area contributed by atoms with Gasteiger partial charge in [0.25, 0.3) is 0 Å². The van der Waals surface area contributed by atoms with Crippen molar-refractivity contribution in [3.63, 3.8) is 0 Å². The van der Waals surface area contributed by atoms with E-state index in [1.54, 1.807) is 6.07 Å². The molecule has 0 spiro atoms. The fourth-order valence-corrected chi connectivity index (χ4v) is 2.76. The van der Waals surface area contributed by atoms with Crippen LogP contribution in [0.5, 0.6) is 0 Å². The van der Waals surface area contributed by atoms with E-state index in [1.165, 1.54) is 17.7 Å². The van der Waals surface area contributed by atoms with Crippen molar-refractivity contribution < 1.29 is 4.39 Å². The standard InChI is InChI=1S/C18H20ClFN2S/c1-3-4-13-5-7-14(8-6-13)12(2)21-18(23)22-15-9-10-17(20)16(19)11-15/h5-12H,3-4H2,1-2H3,(H2,21,22,23). The lowest BCUT2D eigenvalue weighted by Gasteiger charge is -2.18. The van der Waals surface area contributed by atoms with E-state index in [4.69, 9.17) is 23.8 Å². The van der Waals surface area contributed by atoms with Crippen LogP contribution in [0.1, 0.15) is 37.4 Å². The van der Waals surface area contributed by atoms with E-state index >= 15 is 0 Å². The summed E-state index contributed by atoms with van der Waals surface area (Å²) in [4.78, 5) is 0. The van der Waals surface area contributed by atoms with Gasteiger partial charge < -0.3 is 10.6 Å². The Morgan fingerprint density at radius 3 is 2.52 bits per heavy atom. The number of aryl methyl sites for hydroxylation is 1. The number of benzene rings is 2. The Bertz CT molecular complexity index is 673. The second kappa shape index (κ2) is 8.27. The minimum absolute atomic E-state index is 0.0670. The first kappa shape index (κ1) is 17.7. The van der Waals surface area contributed by atoms with E-state index in [2.05, 4.69) is 41.8 Å². The van der Waals surface area contributed by atoms with Gasteiger partial charge in [-0.3, -0.25) is 0 Å². The fourth-order valence-electron chi connectivity index (χ4n) is 2.28. The van der Waals surface area contributed by atoms with Crippen LogP contribution < -0.4 is 10.6 Å². The maximum atomic E-state index is 13.1. The second-order valence-electron chi connectivity index (χ2n) is 5.44.